The van der Waals surface area contributed by atoms with Crippen LogP contribution in [0.3, 0.4) is 0 Å². The van der Waals surface area contributed by atoms with Gasteiger partial charge >= 0.3 is 11.9 Å². The van der Waals surface area contributed by atoms with Crippen molar-refractivity contribution >= 4 is 18.0 Å². The number of aliphatic carboxylic acids is 1. The van der Waals surface area contributed by atoms with Gasteiger partial charge in [0.2, 0.25) is 0 Å². The Balaban J connectivity index is 0.000000204. The number of benzene rings is 2. The van der Waals surface area contributed by atoms with Crippen molar-refractivity contribution in [2.24, 2.45) is 0 Å². The van der Waals surface area contributed by atoms with Crippen molar-refractivity contribution in [3.05, 3.63) is 77.9 Å². The molecule has 0 radical (unpaired) electrons. The second-order valence-corrected chi connectivity index (χ2v) is 3.75. The third-order valence-electron chi connectivity index (χ3n) is 2.24. The van der Waals surface area contributed by atoms with E-state index in [-0.39, 0.29) is 0 Å². The van der Waals surface area contributed by atoms with Crippen molar-refractivity contribution in [1.82, 2.24) is 0 Å². The van der Waals surface area contributed by atoms with Crippen molar-refractivity contribution in [1.29, 1.82) is 0 Å². The maximum Gasteiger partial charge on any atom is 0.335 e. The van der Waals surface area contributed by atoms with Crippen LogP contribution in [-0.2, 0) is 4.79 Å². The van der Waals surface area contributed by atoms with Crippen LogP contribution in [0.4, 0.5) is 0 Å². The van der Waals surface area contributed by atoms with Crippen molar-refractivity contribution in [2.75, 3.05) is 0 Å². The van der Waals surface area contributed by atoms with Crippen LogP contribution < -0.4 is 0 Å². The summed E-state index contributed by atoms with van der Waals surface area (Å²) in [6, 6.07) is 17.6. The van der Waals surface area contributed by atoms with Crippen LogP contribution in [0.15, 0.2) is 66.7 Å². The van der Waals surface area contributed by atoms with Crippen molar-refractivity contribution in [3.63, 3.8) is 0 Å². The lowest BCUT2D eigenvalue weighted by molar-refractivity contribution is -0.131. The molecule has 4 nitrogen and oxygen atoms in total. The van der Waals surface area contributed by atoms with Gasteiger partial charge in [-0.05, 0) is 23.8 Å². The second-order valence-electron chi connectivity index (χ2n) is 3.75. The molecule has 0 unspecified atom stereocenters. The number of carboxylic acid groups (broad SMARTS) is 2. The van der Waals surface area contributed by atoms with Crippen LogP contribution in [0, 0.1) is 0 Å². The molecule has 0 saturated carbocycles. The van der Waals surface area contributed by atoms with Gasteiger partial charge < -0.3 is 10.2 Å². The molecule has 0 aliphatic carbocycles. The molecule has 2 aromatic rings. The third kappa shape index (κ3) is 6.16. The first-order valence-corrected chi connectivity index (χ1v) is 5.84. The van der Waals surface area contributed by atoms with E-state index in [0.717, 1.165) is 11.6 Å². The van der Waals surface area contributed by atoms with E-state index in [0.29, 0.717) is 5.56 Å². The number of carbonyl (C=O) groups is 2. The normalized spacial score (nSPS) is 9.60. The second kappa shape index (κ2) is 8.26. The molecule has 2 N–H and O–H groups in total. The lowest BCUT2D eigenvalue weighted by Gasteiger charge is -1.88. The largest absolute Gasteiger partial charge is 0.478 e. The molecule has 0 aliphatic rings. The lowest BCUT2D eigenvalue weighted by Crippen LogP contribution is -1.93. The molecular weight excluding hydrogens is 256 g/mol. The Labute approximate surface area is 116 Å². The first-order valence-electron chi connectivity index (χ1n) is 5.84. The summed E-state index contributed by atoms with van der Waals surface area (Å²) in [7, 11) is 0. The SMILES string of the molecule is O=C(O)C=Cc1ccccc1.O=C(O)c1ccccc1. The molecule has 0 aromatic heterocycles. The minimum absolute atomic E-state index is 0.331. The van der Waals surface area contributed by atoms with E-state index in [2.05, 4.69) is 0 Å². The summed E-state index contributed by atoms with van der Waals surface area (Å²) >= 11 is 0. The van der Waals surface area contributed by atoms with E-state index in [4.69, 9.17) is 10.2 Å². The maximum absolute atomic E-state index is 10.2. The van der Waals surface area contributed by atoms with E-state index in [1.807, 2.05) is 30.3 Å². The quantitative estimate of drug-likeness (QED) is 0.840. The van der Waals surface area contributed by atoms with Gasteiger partial charge in [-0.3, -0.25) is 0 Å². The molecular formula is C16H14O4. The van der Waals surface area contributed by atoms with Gasteiger partial charge in [-0.2, -0.15) is 0 Å². The molecule has 0 fully saturated rings. The van der Waals surface area contributed by atoms with Crippen molar-refractivity contribution in [2.45, 2.75) is 0 Å². The fourth-order valence-electron chi connectivity index (χ4n) is 1.31. The van der Waals surface area contributed by atoms with E-state index in [9.17, 15) is 9.59 Å². The Bertz CT molecular complexity index is 574. The Kier molecular flexibility index (Phi) is 6.27. The standard InChI is InChI=1S/C9H8O2.C7H6O2/c10-9(11)7-6-8-4-2-1-3-5-8;8-7(9)6-4-2-1-3-5-6/h1-7H,(H,10,11);1-5H,(H,8,9). The monoisotopic (exact) mass is 270 g/mol. The zero-order valence-electron chi connectivity index (χ0n) is 10.6. The highest BCUT2D eigenvalue weighted by molar-refractivity contribution is 5.87. The number of carboxylic acids is 2. The van der Waals surface area contributed by atoms with Gasteiger partial charge in [-0.15, -0.1) is 0 Å². The molecule has 0 spiro atoms. The van der Waals surface area contributed by atoms with Gasteiger partial charge in [-0.1, -0.05) is 48.5 Å². The van der Waals surface area contributed by atoms with Gasteiger partial charge in [-0.25, -0.2) is 9.59 Å². The highest BCUT2D eigenvalue weighted by atomic mass is 16.4. The Morgan fingerprint density at radius 2 is 1.30 bits per heavy atom. The summed E-state index contributed by atoms with van der Waals surface area (Å²) < 4.78 is 0. The summed E-state index contributed by atoms with van der Waals surface area (Å²) in [5, 5.41) is 16.7. The molecule has 0 atom stereocenters. The molecule has 0 amide bonds. The topological polar surface area (TPSA) is 74.6 Å². The van der Waals surface area contributed by atoms with Crippen LogP contribution in [0.2, 0.25) is 0 Å². The fourth-order valence-corrected chi connectivity index (χ4v) is 1.31. The minimum Gasteiger partial charge on any atom is -0.478 e. The number of hydrogen-bond acceptors (Lipinski definition) is 2. The predicted octanol–water partition coefficient (Wildman–Crippen LogP) is 3.17. The molecule has 2 aromatic carbocycles. The first-order chi connectivity index (χ1) is 9.59. The zero-order chi connectivity index (χ0) is 14.8. The molecule has 4 heteroatoms. The van der Waals surface area contributed by atoms with Crippen LogP contribution in [-0.4, -0.2) is 22.2 Å². The van der Waals surface area contributed by atoms with Gasteiger partial charge in [0.1, 0.15) is 0 Å². The number of aromatic carboxylic acids is 1. The molecule has 0 heterocycles. The molecule has 102 valence electrons. The van der Waals surface area contributed by atoms with E-state index >= 15 is 0 Å². The van der Waals surface area contributed by atoms with Gasteiger partial charge in [0.25, 0.3) is 0 Å². The Hall–Kier alpha value is -2.88. The van der Waals surface area contributed by atoms with Gasteiger partial charge in [0.05, 0.1) is 5.56 Å². The molecule has 2 rings (SSSR count). The van der Waals surface area contributed by atoms with E-state index in [1.165, 1.54) is 0 Å². The Morgan fingerprint density at radius 1 is 0.800 bits per heavy atom. The fraction of sp³-hybridized carbons (Fsp3) is 0. The lowest BCUT2D eigenvalue weighted by atomic mass is 10.2. The highest BCUT2D eigenvalue weighted by Crippen LogP contribution is 2.00. The number of rotatable bonds is 3. The zero-order valence-corrected chi connectivity index (χ0v) is 10.6. The van der Waals surface area contributed by atoms with Gasteiger partial charge in [0, 0.05) is 6.08 Å². The molecule has 0 saturated heterocycles. The highest BCUT2D eigenvalue weighted by Gasteiger charge is 1.96. The average molecular weight is 270 g/mol. The minimum atomic E-state index is -0.922. The van der Waals surface area contributed by atoms with Crippen LogP contribution in [0.25, 0.3) is 6.08 Å². The molecule has 0 bridgehead atoms. The molecule has 20 heavy (non-hydrogen) atoms. The van der Waals surface area contributed by atoms with E-state index < -0.39 is 11.9 Å². The maximum atomic E-state index is 10.2. The predicted molar refractivity (Wildman–Crippen MR) is 76.5 cm³/mol. The van der Waals surface area contributed by atoms with Crippen LogP contribution >= 0.6 is 0 Å². The van der Waals surface area contributed by atoms with Gasteiger partial charge in [0.15, 0.2) is 0 Å². The van der Waals surface area contributed by atoms with Crippen molar-refractivity contribution < 1.29 is 19.8 Å². The third-order valence-corrected chi connectivity index (χ3v) is 2.24. The van der Waals surface area contributed by atoms with Crippen LogP contribution in [0.1, 0.15) is 15.9 Å². The first kappa shape index (κ1) is 15.2. The smallest absolute Gasteiger partial charge is 0.335 e. The number of hydrogen-bond donors (Lipinski definition) is 2. The van der Waals surface area contributed by atoms with E-state index in [1.54, 1.807) is 36.4 Å². The average Bonchev–Trinajstić information content (AvgIpc) is 2.48. The summed E-state index contributed by atoms with van der Waals surface area (Å²) in [5.41, 5.74) is 1.23. The summed E-state index contributed by atoms with van der Waals surface area (Å²) in [4.78, 5) is 20.3. The summed E-state index contributed by atoms with van der Waals surface area (Å²) in [6.45, 7) is 0. The van der Waals surface area contributed by atoms with Crippen molar-refractivity contribution in [3.8, 4) is 0 Å². The molecule has 0 aliphatic heterocycles. The summed E-state index contributed by atoms with van der Waals surface area (Å²) in [5.74, 6) is -1.80. The Morgan fingerprint density at radius 3 is 1.70 bits per heavy atom. The summed E-state index contributed by atoms with van der Waals surface area (Å²) in [6.07, 6.45) is 2.68. The van der Waals surface area contributed by atoms with Crippen LogP contribution in [0.5, 0.6) is 0 Å².